The van der Waals surface area contributed by atoms with Gasteiger partial charge < -0.3 is 9.79 Å². The first-order valence-electron chi connectivity index (χ1n) is 11.7. The third-order valence-corrected chi connectivity index (χ3v) is 9.55. The van der Waals surface area contributed by atoms with E-state index >= 15 is 0 Å². The van der Waals surface area contributed by atoms with Gasteiger partial charge in [-0.2, -0.15) is 5.10 Å². The van der Waals surface area contributed by atoms with Crippen molar-refractivity contribution >= 4 is 34.5 Å². The number of nitrogens with one attached hydrogen (secondary N) is 1. The van der Waals surface area contributed by atoms with Crippen LogP contribution >= 0.6 is 7.82 Å². The number of amides is 1. The van der Waals surface area contributed by atoms with Gasteiger partial charge in [0.05, 0.1) is 18.3 Å². The molecule has 38 heavy (non-hydrogen) atoms. The Morgan fingerprint density at radius 2 is 1.82 bits per heavy atom. The van der Waals surface area contributed by atoms with Gasteiger partial charge in [0, 0.05) is 34.7 Å². The van der Waals surface area contributed by atoms with Crippen LogP contribution in [0.4, 0.5) is 0 Å². The highest BCUT2D eigenvalue weighted by molar-refractivity contribution is 7.92. The molecule has 0 aliphatic heterocycles. The van der Waals surface area contributed by atoms with Crippen LogP contribution in [-0.2, 0) is 35.7 Å². The number of hydrogen-bond acceptors (Lipinski definition) is 7. The molecule has 13 heteroatoms. The standard InChI is InChI=1S/C25H28N3O8PS/c1-24(23(29)27-30,38(2,34)35)13-14-28-22-10-7-19(15-20(22)16-26-28)4-3-18-5-8-21(9-6-18)25(11-12-25)17-36-37(31,32)33/h5-10,15-16,30H,11-14,17H2,1-2H3,(H,27,29)(H2,31,32,33). The highest BCUT2D eigenvalue weighted by Crippen LogP contribution is 2.51. The smallest absolute Gasteiger partial charge is 0.303 e. The molecule has 0 bridgehead atoms. The summed E-state index contributed by atoms with van der Waals surface area (Å²) in [7, 11) is -8.32. The van der Waals surface area contributed by atoms with Gasteiger partial charge in [0.1, 0.15) is 0 Å². The van der Waals surface area contributed by atoms with Crippen LogP contribution in [0, 0.1) is 11.8 Å². The monoisotopic (exact) mass is 561 g/mol. The Bertz CT molecular complexity index is 1580. The van der Waals surface area contributed by atoms with Gasteiger partial charge in [0.15, 0.2) is 14.6 Å². The van der Waals surface area contributed by atoms with E-state index in [0.29, 0.717) is 0 Å². The maximum absolute atomic E-state index is 12.2. The molecule has 0 radical (unpaired) electrons. The van der Waals surface area contributed by atoms with Crippen LogP contribution in [0.15, 0.2) is 48.7 Å². The van der Waals surface area contributed by atoms with E-state index < -0.39 is 28.3 Å². The van der Waals surface area contributed by atoms with Crippen LogP contribution in [0.5, 0.6) is 0 Å². The van der Waals surface area contributed by atoms with E-state index in [2.05, 4.69) is 16.9 Å². The van der Waals surface area contributed by atoms with E-state index in [1.54, 1.807) is 10.9 Å². The minimum absolute atomic E-state index is 0.0296. The van der Waals surface area contributed by atoms with Crippen molar-refractivity contribution in [2.45, 2.75) is 42.9 Å². The summed E-state index contributed by atoms with van der Waals surface area (Å²) >= 11 is 0. The largest absolute Gasteiger partial charge is 0.469 e. The fourth-order valence-electron chi connectivity index (χ4n) is 4.17. The molecule has 0 saturated heterocycles. The Morgan fingerprint density at radius 3 is 2.39 bits per heavy atom. The average Bonchev–Trinajstić information content (AvgIpc) is 3.56. The maximum Gasteiger partial charge on any atom is 0.469 e. The predicted molar refractivity (Wildman–Crippen MR) is 139 cm³/mol. The molecule has 202 valence electrons. The second kappa shape index (κ2) is 10.3. The Balaban J connectivity index is 1.46. The van der Waals surface area contributed by atoms with Crippen molar-refractivity contribution in [3.05, 3.63) is 65.4 Å². The van der Waals surface area contributed by atoms with Crippen molar-refractivity contribution in [1.29, 1.82) is 0 Å². The minimum atomic E-state index is -4.51. The predicted octanol–water partition coefficient (Wildman–Crippen LogP) is 2.28. The average molecular weight is 562 g/mol. The van der Waals surface area contributed by atoms with Gasteiger partial charge in [0.2, 0.25) is 0 Å². The molecule has 1 fully saturated rings. The van der Waals surface area contributed by atoms with Crippen LogP contribution in [0.3, 0.4) is 0 Å². The number of hydroxylamine groups is 1. The van der Waals surface area contributed by atoms with Crippen LogP contribution in [0.25, 0.3) is 10.9 Å². The zero-order valence-corrected chi connectivity index (χ0v) is 22.5. The number of benzene rings is 2. The summed E-state index contributed by atoms with van der Waals surface area (Å²) in [5.74, 6) is 5.21. The number of phosphoric ester groups is 1. The summed E-state index contributed by atoms with van der Waals surface area (Å²) in [6.45, 7) is 1.37. The molecule has 1 atom stereocenters. The van der Waals surface area contributed by atoms with Gasteiger partial charge in [-0.1, -0.05) is 24.0 Å². The zero-order valence-electron chi connectivity index (χ0n) is 20.8. The third kappa shape index (κ3) is 5.99. The Morgan fingerprint density at radius 1 is 1.18 bits per heavy atom. The molecule has 1 amide bonds. The lowest BCUT2D eigenvalue weighted by atomic mass is 9.96. The third-order valence-electron chi connectivity index (χ3n) is 7.05. The summed E-state index contributed by atoms with van der Waals surface area (Å²) in [5.41, 5.74) is 4.30. The second-order valence-corrected chi connectivity index (χ2v) is 13.4. The topological polar surface area (TPSA) is 168 Å². The molecule has 4 N–H and O–H groups in total. The minimum Gasteiger partial charge on any atom is -0.303 e. The molecule has 1 aliphatic carbocycles. The van der Waals surface area contributed by atoms with E-state index in [1.165, 1.54) is 12.4 Å². The lowest BCUT2D eigenvalue weighted by Gasteiger charge is -2.25. The van der Waals surface area contributed by atoms with Crippen molar-refractivity contribution in [2.75, 3.05) is 12.9 Å². The molecular weight excluding hydrogens is 533 g/mol. The summed E-state index contributed by atoms with van der Waals surface area (Å²) in [5, 5.41) is 14.1. The Kier molecular flexibility index (Phi) is 7.56. The van der Waals surface area contributed by atoms with Crippen LogP contribution in [0.1, 0.15) is 42.9 Å². The normalized spacial score (nSPS) is 16.3. The quantitative estimate of drug-likeness (QED) is 0.133. The van der Waals surface area contributed by atoms with E-state index in [1.807, 2.05) is 42.5 Å². The van der Waals surface area contributed by atoms with Gasteiger partial charge in [0.25, 0.3) is 5.91 Å². The number of sulfone groups is 1. The zero-order chi connectivity index (χ0) is 27.8. The number of rotatable bonds is 9. The lowest BCUT2D eigenvalue weighted by molar-refractivity contribution is -0.131. The molecule has 11 nitrogen and oxygen atoms in total. The van der Waals surface area contributed by atoms with Crippen molar-refractivity contribution in [3.63, 3.8) is 0 Å². The number of carbonyl (C=O) groups is 1. The molecule has 2 aromatic carbocycles. The number of fused-ring (bicyclic) bond motifs is 1. The molecule has 3 aromatic rings. The molecule has 1 heterocycles. The number of carbonyl (C=O) groups excluding carboxylic acids is 1. The van der Waals surface area contributed by atoms with Crippen molar-refractivity contribution in [2.24, 2.45) is 0 Å². The van der Waals surface area contributed by atoms with Crippen LogP contribution in [-0.4, -0.2) is 56.7 Å². The molecule has 1 aliphatic rings. The van der Waals surface area contributed by atoms with Crippen molar-refractivity contribution in [1.82, 2.24) is 15.3 Å². The summed E-state index contributed by atoms with van der Waals surface area (Å²) in [6, 6.07) is 13.0. The number of hydrogen-bond donors (Lipinski definition) is 4. The summed E-state index contributed by atoms with van der Waals surface area (Å²) in [6.07, 6.45) is 4.10. The first-order chi connectivity index (χ1) is 17.8. The summed E-state index contributed by atoms with van der Waals surface area (Å²) in [4.78, 5) is 30.0. The van der Waals surface area contributed by atoms with Crippen LogP contribution in [0.2, 0.25) is 0 Å². The molecule has 0 spiro atoms. The van der Waals surface area contributed by atoms with Gasteiger partial charge in [-0.25, -0.2) is 18.5 Å². The van der Waals surface area contributed by atoms with Crippen molar-refractivity contribution < 1.29 is 37.3 Å². The number of nitrogens with zero attached hydrogens (tertiary/aromatic N) is 2. The molecule has 1 aromatic heterocycles. The fourth-order valence-corrected chi connectivity index (χ4v) is 5.43. The first-order valence-corrected chi connectivity index (χ1v) is 15.1. The van der Waals surface area contributed by atoms with Crippen molar-refractivity contribution in [3.8, 4) is 11.8 Å². The number of aryl methyl sites for hydroxylation is 1. The van der Waals surface area contributed by atoms with E-state index in [9.17, 15) is 17.8 Å². The molecular formula is C25H28N3O8PS. The second-order valence-electron chi connectivity index (χ2n) is 9.71. The van der Waals surface area contributed by atoms with Gasteiger partial charge in [-0.05, 0) is 62.1 Å². The fraction of sp³-hybridized carbons (Fsp3) is 0.360. The van der Waals surface area contributed by atoms with Crippen LogP contribution < -0.4 is 5.48 Å². The maximum atomic E-state index is 12.2. The molecule has 1 unspecified atom stereocenters. The van der Waals surface area contributed by atoms with E-state index in [4.69, 9.17) is 19.5 Å². The van der Waals surface area contributed by atoms with Gasteiger partial charge in [-0.3, -0.25) is 19.2 Å². The van der Waals surface area contributed by atoms with Gasteiger partial charge >= 0.3 is 7.82 Å². The highest BCUT2D eigenvalue weighted by Gasteiger charge is 2.46. The highest BCUT2D eigenvalue weighted by atomic mass is 32.2. The molecule has 1 saturated carbocycles. The SMILES string of the molecule is CC(CCn1ncc2cc(C#Cc3ccc(C4(COP(=O)(O)O)CC4)cc3)ccc21)(C(=O)NO)S(C)(=O)=O. The lowest BCUT2D eigenvalue weighted by Crippen LogP contribution is -2.49. The molecule has 4 rings (SSSR count). The van der Waals surface area contributed by atoms with Gasteiger partial charge in [-0.15, -0.1) is 0 Å². The number of aromatic nitrogens is 2. The summed E-state index contributed by atoms with van der Waals surface area (Å²) < 4.78 is 39.9. The van der Waals surface area contributed by atoms with E-state index in [0.717, 1.165) is 46.7 Å². The number of phosphoric acid groups is 1. The van der Waals surface area contributed by atoms with E-state index in [-0.39, 0.29) is 25.0 Å². The Labute approximate surface area is 219 Å². The Hall–Kier alpha value is -3.04. The first kappa shape index (κ1) is 28.0.